The standard InChI is InChI=1S/C17H22N2O5S/c1-11-5-6-13(9-15(11)18)25(20,21)19-10-14-16(23-3)7-12(22-2)8-17(14)24-4/h5-9,19H,10,18H2,1-4H3. The van der Waals surface area contributed by atoms with Crippen LogP contribution in [0.2, 0.25) is 0 Å². The zero-order chi connectivity index (χ0) is 18.6. The molecule has 0 bridgehead atoms. The Kier molecular flexibility index (Phi) is 5.76. The number of anilines is 1. The van der Waals surface area contributed by atoms with Gasteiger partial charge in [0, 0.05) is 24.4 Å². The van der Waals surface area contributed by atoms with E-state index in [1.54, 1.807) is 18.2 Å². The molecule has 2 aromatic rings. The van der Waals surface area contributed by atoms with Crippen molar-refractivity contribution >= 4 is 15.7 Å². The number of sulfonamides is 1. The predicted molar refractivity (Wildman–Crippen MR) is 95.7 cm³/mol. The fourth-order valence-electron chi connectivity index (χ4n) is 2.29. The average Bonchev–Trinajstić information content (AvgIpc) is 2.61. The van der Waals surface area contributed by atoms with E-state index in [-0.39, 0.29) is 11.4 Å². The van der Waals surface area contributed by atoms with Crippen LogP contribution >= 0.6 is 0 Å². The summed E-state index contributed by atoms with van der Waals surface area (Å²) in [5.74, 6) is 1.47. The number of rotatable bonds is 7. The lowest BCUT2D eigenvalue weighted by Gasteiger charge is -2.16. The summed E-state index contributed by atoms with van der Waals surface area (Å²) in [6, 6.07) is 7.93. The number of nitrogens with one attached hydrogen (secondary N) is 1. The molecule has 136 valence electrons. The Labute approximate surface area is 147 Å². The van der Waals surface area contributed by atoms with Gasteiger partial charge in [-0.3, -0.25) is 0 Å². The topological polar surface area (TPSA) is 99.9 Å². The molecule has 0 saturated carbocycles. The van der Waals surface area contributed by atoms with Crippen LogP contribution in [-0.4, -0.2) is 29.7 Å². The smallest absolute Gasteiger partial charge is 0.240 e. The lowest BCUT2D eigenvalue weighted by molar-refractivity contribution is 0.368. The molecule has 0 amide bonds. The minimum Gasteiger partial charge on any atom is -0.496 e. The molecule has 25 heavy (non-hydrogen) atoms. The second kappa shape index (κ2) is 7.62. The second-order valence-electron chi connectivity index (χ2n) is 5.35. The highest BCUT2D eigenvalue weighted by atomic mass is 32.2. The molecule has 0 fully saturated rings. The Hall–Kier alpha value is -2.45. The van der Waals surface area contributed by atoms with Crippen molar-refractivity contribution in [1.29, 1.82) is 0 Å². The number of benzene rings is 2. The maximum absolute atomic E-state index is 12.5. The van der Waals surface area contributed by atoms with Gasteiger partial charge < -0.3 is 19.9 Å². The van der Waals surface area contributed by atoms with Crippen LogP contribution in [0.25, 0.3) is 0 Å². The van der Waals surface area contributed by atoms with E-state index in [1.165, 1.54) is 33.5 Å². The minimum absolute atomic E-state index is 0.00748. The summed E-state index contributed by atoms with van der Waals surface area (Å²) in [5.41, 5.74) is 7.60. The third kappa shape index (κ3) is 4.15. The highest BCUT2D eigenvalue weighted by molar-refractivity contribution is 7.89. The first-order chi connectivity index (χ1) is 11.8. The van der Waals surface area contributed by atoms with Crippen LogP contribution in [0, 0.1) is 6.92 Å². The van der Waals surface area contributed by atoms with Crippen molar-refractivity contribution in [3.63, 3.8) is 0 Å². The van der Waals surface area contributed by atoms with E-state index < -0.39 is 10.0 Å². The molecule has 2 aromatic carbocycles. The van der Waals surface area contributed by atoms with Crippen molar-refractivity contribution in [3.8, 4) is 17.2 Å². The molecule has 7 nitrogen and oxygen atoms in total. The van der Waals surface area contributed by atoms with Gasteiger partial charge in [-0.1, -0.05) is 6.07 Å². The zero-order valence-electron chi connectivity index (χ0n) is 14.6. The molecule has 2 rings (SSSR count). The lowest BCUT2D eigenvalue weighted by Crippen LogP contribution is -2.24. The number of aryl methyl sites for hydroxylation is 1. The molecular formula is C17H22N2O5S. The molecule has 0 aromatic heterocycles. The number of nitrogen functional groups attached to an aromatic ring is 1. The number of nitrogens with two attached hydrogens (primary N) is 1. The van der Waals surface area contributed by atoms with Gasteiger partial charge in [0.1, 0.15) is 17.2 Å². The lowest BCUT2D eigenvalue weighted by atomic mass is 10.1. The van der Waals surface area contributed by atoms with E-state index >= 15 is 0 Å². The first-order valence-electron chi connectivity index (χ1n) is 7.47. The fraction of sp³-hybridized carbons (Fsp3) is 0.294. The number of hydrogen-bond donors (Lipinski definition) is 2. The third-order valence-electron chi connectivity index (χ3n) is 3.82. The molecule has 8 heteroatoms. The second-order valence-corrected chi connectivity index (χ2v) is 7.12. The van der Waals surface area contributed by atoms with Crippen LogP contribution < -0.4 is 24.7 Å². The SMILES string of the molecule is COc1cc(OC)c(CNS(=O)(=O)c2ccc(C)c(N)c2)c(OC)c1. The number of methoxy groups -OCH3 is 3. The van der Waals surface area contributed by atoms with Gasteiger partial charge in [0.05, 0.1) is 31.8 Å². The summed E-state index contributed by atoms with van der Waals surface area (Å²) in [6.45, 7) is 1.80. The molecule has 0 unspecified atom stereocenters. The van der Waals surface area contributed by atoms with Crippen LogP contribution in [0.5, 0.6) is 17.2 Å². The molecule has 0 aliphatic carbocycles. The van der Waals surface area contributed by atoms with Crippen molar-refractivity contribution in [3.05, 3.63) is 41.5 Å². The molecule has 0 heterocycles. The largest absolute Gasteiger partial charge is 0.496 e. The maximum Gasteiger partial charge on any atom is 0.240 e. The Morgan fingerprint density at radius 2 is 1.60 bits per heavy atom. The molecule has 3 N–H and O–H groups in total. The molecule has 0 saturated heterocycles. The zero-order valence-corrected chi connectivity index (χ0v) is 15.4. The fourth-order valence-corrected chi connectivity index (χ4v) is 3.32. The van der Waals surface area contributed by atoms with Gasteiger partial charge in [0.15, 0.2) is 0 Å². The van der Waals surface area contributed by atoms with Crippen molar-refractivity contribution in [2.24, 2.45) is 0 Å². The molecule has 0 aliphatic heterocycles. The summed E-state index contributed by atoms with van der Waals surface area (Å²) in [5, 5.41) is 0. The Morgan fingerprint density at radius 3 is 2.08 bits per heavy atom. The van der Waals surface area contributed by atoms with E-state index in [9.17, 15) is 8.42 Å². The van der Waals surface area contributed by atoms with E-state index in [0.29, 0.717) is 28.5 Å². The van der Waals surface area contributed by atoms with Crippen LogP contribution in [0.4, 0.5) is 5.69 Å². The Bertz CT molecular complexity index is 840. The Morgan fingerprint density at radius 1 is 1.00 bits per heavy atom. The molecule has 0 radical (unpaired) electrons. The van der Waals surface area contributed by atoms with Crippen LogP contribution in [-0.2, 0) is 16.6 Å². The first kappa shape index (κ1) is 18.9. The van der Waals surface area contributed by atoms with Gasteiger partial charge in [-0.05, 0) is 24.6 Å². The monoisotopic (exact) mass is 366 g/mol. The summed E-state index contributed by atoms with van der Waals surface area (Å²) in [6.07, 6.45) is 0. The summed E-state index contributed by atoms with van der Waals surface area (Å²) in [4.78, 5) is 0.0991. The van der Waals surface area contributed by atoms with Gasteiger partial charge in [0.2, 0.25) is 10.0 Å². The van der Waals surface area contributed by atoms with Gasteiger partial charge in [-0.15, -0.1) is 0 Å². The van der Waals surface area contributed by atoms with Crippen molar-refractivity contribution in [2.45, 2.75) is 18.4 Å². The average molecular weight is 366 g/mol. The van der Waals surface area contributed by atoms with Gasteiger partial charge >= 0.3 is 0 Å². The molecule has 0 aliphatic rings. The van der Waals surface area contributed by atoms with Crippen LogP contribution in [0.15, 0.2) is 35.2 Å². The summed E-state index contributed by atoms with van der Waals surface area (Å²) in [7, 11) is 0.776. The van der Waals surface area contributed by atoms with Gasteiger partial charge in [-0.2, -0.15) is 0 Å². The number of ether oxygens (including phenoxy) is 3. The predicted octanol–water partition coefficient (Wildman–Crippen LogP) is 2.08. The quantitative estimate of drug-likeness (QED) is 0.728. The molecule has 0 spiro atoms. The van der Waals surface area contributed by atoms with E-state index in [1.807, 2.05) is 6.92 Å². The normalized spacial score (nSPS) is 11.2. The van der Waals surface area contributed by atoms with Crippen LogP contribution in [0.1, 0.15) is 11.1 Å². The van der Waals surface area contributed by atoms with E-state index in [2.05, 4.69) is 4.72 Å². The minimum atomic E-state index is -3.74. The van der Waals surface area contributed by atoms with Crippen molar-refractivity contribution in [2.75, 3.05) is 27.1 Å². The maximum atomic E-state index is 12.5. The van der Waals surface area contributed by atoms with Gasteiger partial charge in [-0.25, -0.2) is 13.1 Å². The highest BCUT2D eigenvalue weighted by Gasteiger charge is 2.19. The first-order valence-corrected chi connectivity index (χ1v) is 8.95. The number of hydrogen-bond acceptors (Lipinski definition) is 6. The Balaban J connectivity index is 2.32. The summed E-state index contributed by atoms with van der Waals surface area (Å²) >= 11 is 0. The summed E-state index contributed by atoms with van der Waals surface area (Å²) < 4.78 is 43.4. The van der Waals surface area contributed by atoms with E-state index in [4.69, 9.17) is 19.9 Å². The molecule has 0 atom stereocenters. The van der Waals surface area contributed by atoms with Crippen LogP contribution in [0.3, 0.4) is 0 Å². The van der Waals surface area contributed by atoms with Crippen molar-refractivity contribution < 1.29 is 22.6 Å². The molecular weight excluding hydrogens is 344 g/mol. The van der Waals surface area contributed by atoms with Crippen molar-refractivity contribution in [1.82, 2.24) is 4.72 Å². The highest BCUT2D eigenvalue weighted by Crippen LogP contribution is 2.34. The van der Waals surface area contributed by atoms with Gasteiger partial charge in [0.25, 0.3) is 0 Å². The van der Waals surface area contributed by atoms with E-state index in [0.717, 1.165) is 5.56 Å². The third-order valence-corrected chi connectivity index (χ3v) is 5.22.